The van der Waals surface area contributed by atoms with Gasteiger partial charge < -0.3 is 33.8 Å². The van der Waals surface area contributed by atoms with Crippen molar-refractivity contribution >= 4 is 39.5 Å². The molecule has 0 amide bonds. The van der Waals surface area contributed by atoms with Gasteiger partial charge in [0.05, 0.1) is 26.4 Å². The minimum absolute atomic E-state index is 0.0747. The number of phosphoric acid groups is 2. The molecule has 0 fully saturated rings. The lowest BCUT2D eigenvalue weighted by atomic mass is 10.0. The van der Waals surface area contributed by atoms with Crippen molar-refractivity contribution in [1.82, 2.24) is 0 Å². The summed E-state index contributed by atoms with van der Waals surface area (Å²) in [7, 11) is -9.97. The van der Waals surface area contributed by atoms with E-state index in [0.29, 0.717) is 25.7 Å². The molecule has 0 aromatic carbocycles. The molecule has 0 rings (SSSR count). The molecular weight excluding hydrogens is 1350 g/mol. The Labute approximate surface area is 632 Å². The molecule has 0 aromatic heterocycles. The Kier molecular flexibility index (Phi) is 73.7. The molecule has 600 valence electrons. The van der Waals surface area contributed by atoms with Crippen molar-refractivity contribution < 1.29 is 80.2 Å². The molecule has 0 spiro atoms. The zero-order chi connectivity index (χ0) is 76.0. The summed E-state index contributed by atoms with van der Waals surface area (Å²) in [4.78, 5) is 73.1. The number of allylic oxidation sites excluding steroid dienone is 18. The molecule has 5 atom stereocenters. The van der Waals surface area contributed by atoms with Crippen LogP contribution in [0.4, 0.5) is 0 Å². The lowest BCUT2D eigenvalue weighted by Gasteiger charge is -2.21. The number of hydrogen-bond acceptors (Lipinski definition) is 15. The van der Waals surface area contributed by atoms with Crippen molar-refractivity contribution in [2.75, 3.05) is 39.6 Å². The van der Waals surface area contributed by atoms with Crippen LogP contribution in [0, 0.1) is 0 Å². The van der Waals surface area contributed by atoms with Crippen LogP contribution in [0.3, 0.4) is 0 Å². The van der Waals surface area contributed by atoms with E-state index in [4.69, 9.17) is 37.0 Å². The predicted molar refractivity (Wildman–Crippen MR) is 427 cm³/mol. The molecule has 0 aliphatic rings. The summed E-state index contributed by atoms with van der Waals surface area (Å²) in [6, 6.07) is 0. The van der Waals surface area contributed by atoms with Gasteiger partial charge in [-0.2, -0.15) is 0 Å². The van der Waals surface area contributed by atoms with Crippen LogP contribution in [0.5, 0.6) is 0 Å². The smallest absolute Gasteiger partial charge is 0.462 e. The minimum atomic E-state index is -4.99. The first-order valence-electron chi connectivity index (χ1n) is 41.1. The van der Waals surface area contributed by atoms with Gasteiger partial charge >= 0.3 is 39.5 Å². The van der Waals surface area contributed by atoms with E-state index in [1.54, 1.807) is 0 Å². The Balaban J connectivity index is 5.37. The van der Waals surface area contributed by atoms with Gasteiger partial charge in [0.15, 0.2) is 12.2 Å². The number of ether oxygens (including phenoxy) is 4. The summed E-state index contributed by atoms with van der Waals surface area (Å²) in [5, 5.41) is 10.7. The van der Waals surface area contributed by atoms with Crippen LogP contribution in [0.1, 0.15) is 349 Å². The molecule has 0 saturated carbocycles. The minimum Gasteiger partial charge on any atom is -0.462 e. The Bertz CT molecular complexity index is 2390. The third-order valence-electron chi connectivity index (χ3n) is 17.2. The largest absolute Gasteiger partial charge is 0.472 e. The SMILES string of the molecule is CC/C=C\C/C=C\C/C=C\C/C=C\CCCCCCCCC(=O)OCC(COP(=O)(O)OCC(O)COP(=O)(O)OCC(COC(=O)CCCCCCC/C=C\C/C=C\C/C=C\CC)OC(=O)CCCCCCC/C=C\C/C=C\CCCCC)OC(=O)CCCCCCCCCCCCCCCCC. The zero-order valence-corrected chi connectivity index (χ0v) is 67.5. The van der Waals surface area contributed by atoms with Gasteiger partial charge in [0.25, 0.3) is 0 Å². The lowest BCUT2D eigenvalue weighted by Crippen LogP contribution is -2.30. The van der Waals surface area contributed by atoms with Gasteiger partial charge in [-0.3, -0.25) is 37.3 Å². The highest BCUT2D eigenvalue weighted by atomic mass is 31.2. The number of carbonyl (C=O) groups excluding carboxylic acids is 4. The van der Waals surface area contributed by atoms with Gasteiger partial charge in [0.1, 0.15) is 19.3 Å². The molecule has 0 aromatic rings. The molecule has 0 bridgehead atoms. The number of rotatable bonds is 77. The second kappa shape index (κ2) is 76.9. The Hall–Kier alpha value is -4.28. The first-order chi connectivity index (χ1) is 50.7. The van der Waals surface area contributed by atoms with Crippen molar-refractivity contribution in [3.8, 4) is 0 Å². The summed E-state index contributed by atoms with van der Waals surface area (Å²) in [5.74, 6) is -2.20. The summed E-state index contributed by atoms with van der Waals surface area (Å²) in [5.41, 5.74) is 0. The van der Waals surface area contributed by atoms with Gasteiger partial charge in [0, 0.05) is 25.7 Å². The van der Waals surface area contributed by atoms with Crippen molar-refractivity contribution in [2.45, 2.75) is 367 Å². The van der Waals surface area contributed by atoms with Crippen molar-refractivity contribution in [1.29, 1.82) is 0 Å². The summed E-state index contributed by atoms with van der Waals surface area (Å²) in [6.45, 7) is 4.63. The van der Waals surface area contributed by atoms with E-state index in [-0.39, 0.29) is 25.7 Å². The van der Waals surface area contributed by atoms with Crippen LogP contribution in [0.2, 0.25) is 0 Å². The average molecular weight is 1500 g/mol. The first-order valence-corrected chi connectivity index (χ1v) is 44.1. The number of hydrogen-bond donors (Lipinski definition) is 3. The highest BCUT2D eigenvalue weighted by molar-refractivity contribution is 7.47. The zero-order valence-electron chi connectivity index (χ0n) is 65.7. The third kappa shape index (κ3) is 75.9. The van der Waals surface area contributed by atoms with E-state index in [0.717, 1.165) is 186 Å². The van der Waals surface area contributed by atoms with E-state index in [1.165, 1.54) is 83.5 Å². The van der Waals surface area contributed by atoms with Gasteiger partial charge in [-0.1, -0.05) is 304 Å². The fourth-order valence-corrected chi connectivity index (χ4v) is 12.6. The predicted octanol–water partition coefficient (Wildman–Crippen LogP) is 24.1. The summed E-state index contributed by atoms with van der Waals surface area (Å²) >= 11 is 0. The second-order valence-corrected chi connectivity index (χ2v) is 30.2. The number of unbranched alkanes of at least 4 members (excludes halogenated alkanes) is 33. The lowest BCUT2D eigenvalue weighted by molar-refractivity contribution is -0.161. The van der Waals surface area contributed by atoms with Crippen LogP contribution >= 0.6 is 15.6 Å². The quantitative estimate of drug-likeness (QED) is 0.0169. The van der Waals surface area contributed by atoms with E-state index in [9.17, 15) is 43.2 Å². The highest BCUT2D eigenvalue weighted by Crippen LogP contribution is 2.45. The van der Waals surface area contributed by atoms with Crippen LogP contribution in [0.15, 0.2) is 109 Å². The molecule has 0 radical (unpaired) electrons. The molecule has 0 aliphatic carbocycles. The monoisotopic (exact) mass is 1500 g/mol. The highest BCUT2D eigenvalue weighted by Gasteiger charge is 2.30. The van der Waals surface area contributed by atoms with Gasteiger partial charge in [0.2, 0.25) is 0 Å². The number of aliphatic hydroxyl groups is 1. The van der Waals surface area contributed by atoms with Crippen molar-refractivity contribution in [3.63, 3.8) is 0 Å². The topological polar surface area (TPSA) is 237 Å². The normalized spacial score (nSPS) is 14.4. The standard InChI is InChI=1S/C85H148O17P2/c1-5-9-13-17-21-25-29-33-37-38-39-40-44-46-50-54-58-62-66-70-83(88)96-76-81(102-85(90)72-68-64-60-56-52-48-43-36-32-28-24-20-16-12-8-4)78-100-104(93,94)98-74-79(86)73-97-103(91,92)99-77-80(101-84(89)71-67-63-59-55-51-47-42-35-31-27-23-19-15-11-7-3)75-95-82(87)69-65-61-57-53-49-45-41-34-30-26-22-18-14-10-6-2/h9-10,13-14,21-23,25-27,33-35,37,39-42,79-81,86H,5-8,11-12,15-20,24,28-32,36,38,43-78H2,1-4H3,(H,91,92)(H,93,94)/b13-9-,14-10-,25-21-,26-22-,27-23-,37-33-,40-39-,41-34-,42-35-. The van der Waals surface area contributed by atoms with E-state index in [2.05, 4.69) is 137 Å². The van der Waals surface area contributed by atoms with Crippen LogP contribution in [-0.4, -0.2) is 96.7 Å². The van der Waals surface area contributed by atoms with E-state index >= 15 is 0 Å². The number of phosphoric ester groups is 2. The van der Waals surface area contributed by atoms with E-state index < -0.39 is 97.5 Å². The molecule has 17 nitrogen and oxygen atoms in total. The molecular formula is C85H148O17P2. The molecule has 0 aliphatic heterocycles. The first kappa shape index (κ1) is 99.7. The Morgan fingerprint density at radius 1 is 0.279 bits per heavy atom. The maximum Gasteiger partial charge on any atom is 0.472 e. The van der Waals surface area contributed by atoms with E-state index in [1.807, 2.05) is 0 Å². The van der Waals surface area contributed by atoms with Gasteiger partial charge in [-0.25, -0.2) is 9.13 Å². The Morgan fingerprint density at radius 2 is 0.500 bits per heavy atom. The van der Waals surface area contributed by atoms with Gasteiger partial charge in [-0.05, 0) is 128 Å². The van der Waals surface area contributed by atoms with Crippen LogP contribution < -0.4 is 0 Å². The second-order valence-electron chi connectivity index (χ2n) is 27.3. The number of aliphatic hydroxyl groups excluding tert-OH is 1. The fourth-order valence-electron chi connectivity index (χ4n) is 11.0. The van der Waals surface area contributed by atoms with Crippen molar-refractivity contribution in [3.05, 3.63) is 109 Å². The fraction of sp³-hybridized carbons (Fsp3) is 0.741. The molecule has 0 heterocycles. The summed E-state index contributed by atoms with van der Waals surface area (Å²) < 4.78 is 68.7. The number of carbonyl (C=O) groups is 4. The summed E-state index contributed by atoms with van der Waals surface area (Å²) in [6.07, 6.45) is 83.4. The third-order valence-corrected chi connectivity index (χ3v) is 19.1. The Morgan fingerprint density at radius 3 is 0.788 bits per heavy atom. The molecule has 5 unspecified atom stereocenters. The maximum atomic E-state index is 13.1. The van der Waals surface area contributed by atoms with Crippen LogP contribution in [0.25, 0.3) is 0 Å². The van der Waals surface area contributed by atoms with Crippen molar-refractivity contribution in [2.24, 2.45) is 0 Å². The van der Waals surface area contributed by atoms with Gasteiger partial charge in [-0.15, -0.1) is 0 Å². The molecule has 0 saturated heterocycles. The maximum absolute atomic E-state index is 13.1. The number of esters is 4. The van der Waals surface area contributed by atoms with Crippen LogP contribution in [-0.2, 0) is 65.4 Å². The average Bonchev–Trinajstić information content (AvgIpc) is 0.918. The molecule has 19 heteroatoms. The molecule has 3 N–H and O–H groups in total. The molecule has 104 heavy (non-hydrogen) atoms.